The number of nitrogens with zero attached hydrogens (tertiary/aromatic N) is 2. The highest BCUT2D eigenvalue weighted by molar-refractivity contribution is 5.96. The Morgan fingerprint density at radius 3 is 2.43 bits per heavy atom. The summed E-state index contributed by atoms with van der Waals surface area (Å²) in [7, 11) is 2.79. The van der Waals surface area contributed by atoms with E-state index in [0.29, 0.717) is 11.1 Å². The number of aliphatic imine (C=N–C) groups is 1. The van der Waals surface area contributed by atoms with Gasteiger partial charge in [-0.15, -0.1) is 0 Å². The van der Waals surface area contributed by atoms with Gasteiger partial charge in [0.15, 0.2) is 0 Å². The molecule has 28 heavy (non-hydrogen) atoms. The van der Waals surface area contributed by atoms with Crippen molar-refractivity contribution in [3.05, 3.63) is 58.1 Å². The molecule has 0 aromatic heterocycles. The van der Waals surface area contributed by atoms with Crippen LogP contribution in [0, 0.1) is 13.8 Å². The van der Waals surface area contributed by atoms with Crippen LogP contribution in [0.4, 0.5) is 18.9 Å². The van der Waals surface area contributed by atoms with Gasteiger partial charge in [-0.2, -0.15) is 13.2 Å². The highest BCUT2D eigenvalue weighted by Crippen LogP contribution is 2.35. The molecule has 0 bridgehead atoms. The number of amides is 1. The summed E-state index contributed by atoms with van der Waals surface area (Å²) in [5.41, 5.74) is 1.93. The van der Waals surface area contributed by atoms with Crippen molar-refractivity contribution < 1.29 is 22.7 Å². The highest BCUT2D eigenvalue weighted by Gasteiger charge is 2.34. The Hall–Kier alpha value is -2.83. The summed E-state index contributed by atoms with van der Waals surface area (Å²) in [5, 5.41) is 0. The third-order valence-electron chi connectivity index (χ3n) is 4.42. The van der Waals surface area contributed by atoms with Crippen molar-refractivity contribution in [2.24, 2.45) is 4.99 Å². The zero-order chi connectivity index (χ0) is 21.1. The molecule has 2 aromatic rings. The van der Waals surface area contributed by atoms with Gasteiger partial charge in [0.05, 0.1) is 18.4 Å². The van der Waals surface area contributed by atoms with Crippen LogP contribution in [-0.2, 0) is 12.7 Å². The van der Waals surface area contributed by atoms with Crippen molar-refractivity contribution in [2.75, 3.05) is 14.2 Å². The second-order valence-electron chi connectivity index (χ2n) is 6.52. The number of hydrogen-bond donors (Lipinski definition) is 0. The molecule has 0 saturated carbocycles. The van der Waals surface area contributed by atoms with Gasteiger partial charge in [0.25, 0.3) is 5.91 Å². The summed E-state index contributed by atoms with van der Waals surface area (Å²) in [6, 6.07) is 7.25. The number of hydrogen-bond acceptors (Lipinski definition) is 3. The first kappa shape index (κ1) is 21.5. The molecule has 0 aliphatic carbocycles. The van der Waals surface area contributed by atoms with Gasteiger partial charge in [-0.3, -0.25) is 9.79 Å². The SMILES string of the molecule is CC=Nc1cc(C)c(C(=O)N(C)Cc2ccc(OC)cc2C(F)(F)F)cc1C. The van der Waals surface area contributed by atoms with Crippen LogP contribution in [0.15, 0.2) is 35.3 Å². The zero-order valence-corrected chi connectivity index (χ0v) is 16.5. The maximum Gasteiger partial charge on any atom is 0.416 e. The van der Waals surface area contributed by atoms with Gasteiger partial charge in [0.1, 0.15) is 5.75 Å². The second-order valence-corrected chi connectivity index (χ2v) is 6.52. The maximum absolute atomic E-state index is 13.4. The van der Waals surface area contributed by atoms with Crippen LogP contribution in [0.2, 0.25) is 0 Å². The number of rotatable bonds is 5. The number of benzene rings is 2. The van der Waals surface area contributed by atoms with E-state index in [1.54, 1.807) is 32.2 Å². The van der Waals surface area contributed by atoms with Crippen LogP contribution in [0.5, 0.6) is 5.75 Å². The molecule has 0 N–H and O–H groups in total. The van der Waals surface area contributed by atoms with E-state index in [2.05, 4.69) is 4.99 Å². The number of aryl methyl sites for hydroxylation is 2. The number of ether oxygens (including phenoxy) is 1. The Bertz CT molecular complexity index is 905. The minimum atomic E-state index is -4.54. The predicted molar refractivity (Wildman–Crippen MR) is 104 cm³/mol. The van der Waals surface area contributed by atoms with Gasteiger partial charge in [-0.1, -0.05) is 6.07 Å². The zero-order valence-electron chi connectivity index (χ0n) is 16.5. The predicted octanol–water partition coefficient (Wildman–Crippen LogP) is 5.33. The Balaban J connectivity index is 2.34. The quantitative estimate of drug-likeness (QED) is 0.646. The number of alkyl halides is 3. The standard InChI is InChI=1S/C21H23F3N2O2/c1-6-25-19-10-13(2)17(9-14(19)3)20(27)26(4)12-15-7-8-16(28-5)11-18(15)21(22,23)24/h6-11H,12H2,1-5H3. The molecule has 2 rings (SSSR count). The van der Waals surface area contributed by atoms with Crippen LogP contribution >= 0.6 is 0 Å². The number of halogens is 3. The molecule has 0 aliphatic heterocycles. The Kier molecular flexibility index (Phi) is 6.48. The van der Waals surface area contributed by atoms with E-state index in [1.807, 2.05) is 6.92 Å². The lowest BCUT2D eigenvalue weighted by molar-refractivity contribution is -0.138. The average Bonchev–Trinajstić information content (AvgIpc) is 2.63. The fraction of sp³-hybridized carbons (Fsp3) is 0.333. The first-order valence-electron chi connectivity index (χ1n) is 8.68. The first-order chi connectivity index (χ1) is 13.1. The largest absolute Gasteiger partial charge is 0.497 e. The van der Waals surface area contributed by atoms with Crippen LogP contribution < -0.4 is 4.74 Å². The van der Waals surface area contributed by atoms with Crippen LogP contribution in [-0.4, -0.2) is 31.2 Å². The van der Waals surface area contributed by atoms with Crippen molar-refractivity contribution in [1.82, 2.24) is 4.90 Å². The normalized spacial score (nSPS) is 11.7. The van der Waals surface area contributed by atoms with Gasteiger partial charge in [0.2, 0.25) is 0 Å². The molecular weight excluding hydrogens is 369 g/mol. The monoisotopic (exact) mass is 392 g/mol. The molecule has 0 saturated heterocycles. The molecule has 1 amide bonds. The fourth-order valence-electron chi connectivity index (χ4n) is 2.93. The van der Waals surface area contributed by atoms with Crippen molar-refractivity contribution >= 4 is 17.8 Å². The van der Waals surface area contributed by atoms with Crippen LogP contribution in [0.1, 0.15) is 39.5 Å². The molecule has 0 spiro atoms. The van der Waals surface area contributed by atoms with E-state index in [-0.39, 0.29) is 23.8 Å². The lowest BCUT2D eigenvalue weighted by Gasteiger charge is -2.22. The number of carbonyl (C=O) groups excluding carboxylic acids is 1. The van der Waals surface area contributed by atoms with Crippen LogP contribution in [0.25, 0.3) is 0 Å². The molecule has 7 heteroatoms. The molecule has 0 atom stereocenters. The molecule has 0 aliphatic rings. The Morgan fingerprint density at radius 2 is 1.86 bits per heavy atom. The van der Waals surface area contributed by atoms with Crippen molar-refractivity contribution in [3.63, 3.8) is 0 Å². The van der Waals surface area contributed by atoms with E-state index in [1.165, 1.54) is 31.2 Å². The second kappa shape index (κ2) is 8.46. The third-order valence-corrected chi connectivity index (χ3v) is 4.42. The Morgan fingerprint density at radius 1 is 1.18 bits per heavy atom. The molecule has 150 valence electrons. The lowest BCUT2D eigenvalue weighted by atomic mass is 10.0. The highest BCUT2D eigenvalue weighted by atomic mass is 19.4. The molecular formula is C21H23F3N2O2. The minimum absolute atomic E-state index is 0.00530. The van der Waals surface area contributed by atoms with Crippen molar-refractivity contribution in [1.29, 1.82) is 0 Å². The Labute approximate surface area is 162 Å². The summed E-state index contributed by atoms with van der Waals surface area (Å²) in [5.74, 6) is -0.236. The first-order valence-corrected chi connectivity index (χ1v) is 8.68. The van der Waals surface area contributed by atoms with Gasteiger partial charge >= 0.3 is 6.18 Å². The summed E-state index contributed by atoms with van der Waals surface area (Å²) in [6.07, 6.45) is -2.88. The van der Waals surface area contributed by atoms with E-state index >= 15 is 0 Å². The minimum Gasteiger partial charge on any atom is -0.497 e. The van der Waals surface area contributed by atoms with Gasteiger partial charge in [-0.05, 0) is 61.7 Å². The average molecular weight is 392 g/mol. The van der Waals surface area contributed by atoms with E-state index < -0.39 is 11.7 Å². The molecule has 0 fully saturated rings. The maximum atomic E-state index is 13.4. The molecule has 0 unspecified atom stereocenters. The lowest BCUT2D eigenvalue weighted by Crippen LogP contribution is -2.28. The van der Waals surface area contributed by atoms with Gasteiger partial charge in [-0.25, -0.2) is 0 Å². The molecule has 2 aromatic carbocycles. The van der Waals surface area contributed by atoms with E-state index in [9.17, 15) is 18.0 Å². The number of carbonyl (C=O) groups is 1. The topological polar surface area (TPSA) is 41.9 Å². The fourth-order valence-corrected chi connectivity index (χ4v) is 2.93. The summed E-state index contributed by atoms with van der Waals surface area (Å²) < 4.78 is 45.1. The summed E-state index contributed by atoms with van der Waals surface area (Å²) >= 11 is 0. The van der Waals surface area contributed by atoms with E-state index in [4.69, 9.17) is 4.74 Å². The van der Waals surface area contributed by atoms with Gasteiger partial charge in [0, 0.05) is 25.4 Å². The van der Waals surface area contributed by atoms with E-state index in [0.717, 1.165) is 17.3 Å². The van der Waals surface area contributed by atoms with Crippen LogP contribution in [0.3, 0.4) is 0 Å². The van der Waals surface area contributed by atoms with Crippen molar-refractivity contribution in [2.45, 2.75) is 33.5 Å². The van der Waals surface area contributed by atoms with Gasteiger partial charge < -0.3 is 9.64 Å². The summed E-state index contributed by atoms with van der Waals surface area (Å²) in [4.78, 5) is 18.4. The smallest absolute Gasteiger partial charge is 0.416 e. The third kappa shape index (κ3) is 4.71. The molecule has 0 radical (unpaired) electrons. The van der Waals surface area contributed by atoms with Crippen molar-refractivity contribution in [3.8, 4) is 5.75 Å². The molecule has 4 nitrogen and oxygen atoms in total. The molecule has 0 heterocycles. The summed E-state index contributed by atoms with van der Waals surface area (Å²) in [6.45, 7) is 5.24. The number of methoxy groups -OCH3 is 1.